The summed E-state index contributed by atoms with van der Waals surface area (Å²) in [4.78, 5) is 58.4. The molecule has 1 fully saturated rings. The number of nitrogens with one attached hydrogen (secondary N) is 3. The van der Waals surface area contributed by atoms with Crippen molar-refractivity contribution in [2.24, 2.45) is 5.16 Å². The molecule has 1 aromatic carbocycles. The van der Waals surface area contributed by atoms with Gasteiger partial charge in [-0.3, -0.25) is 23.7 Å². The fraction of sp³-hybridized carbons (Fsp3) is 0.263. The Labute approximate surface area is 213 Å². The van der Waals surface area contributed by atoms with E-state index < -0.39 is 52.6 Å². The Kier molecular flexibility index (Phi) is 8.57. The number of thiazole rings is 1. The molecule has 4 N–H and O–H groups in total. The fourth-order valence-corrected chi connectivity index (χ4v) is 4.47. The predicted octanol–water partition coefficient (Wildman–Crippen LogP) is -0.342. The molecule has 1 saturated heterocycles. The van der Waals surface area contributed by atoms with Crippen LogP contribution in [-0.2, 0) is 34.3 Å². The van der Waals surface area contributed by atoms with Crippen molar-refractivity contribution in [2.45, 2.75) is 12.1 Å². The van der Waals surface area contributed by atoms with Gasteiger partial charge in [-0.2, -0.15) is 8.42 Å². The van der Waals surface area contributed by atoms with Gasteiger partial charge in [0.05, 0.1) is 6.54 Å². The molecule has 3 rings (SSSR count). The zero-order chi connectivity index (χ0) is 26.5. The molecule has 17 heteroatoms. The van der Waals surface area contributed by atoms with E-state index in [4.69, 9.17) is 21.0 Å². The average molecular weight is 559 g/mol. The minimum Gasteiger partial charge on any atom is -0.398 e. The maximum absolute atomic E-state index is 13.1. The summed E-state index contributed by atoms with van der Waals surface area (Å²) in [6.45, 7) is -0.467. The SMILES string of the molecule is CON=C(C(=O)NC(C(=O)NC1CN(S(=O)(=O)O)C1=O)c1ccccc1)c1csc(NC(=O)CCl)n1. The first-order valence-corrected chi connectivity index (χ1v) is 12.7. The normalized spacial score (nSPS) is 16.5. The van der Waals surface area contributed by atoms with Gasteiger partial charge in [-0.1, -0.05) is 35.5 Å². The van der Waals surface area contributed by atoms with Crippen molar-refractivity contribution in [3.63, 3.8) is 0 Å². The highest BCUT2D eigenvalue weighted by Crippen LogP contribution is 2.20. The summed E-state index contributed by atoms with van der Waals surface area (Å²) in [5.41, 5.74) is 0.0624. The van der Waals surface area contributed by atoms with Gasteiger partial charge in [0.1, 0.15) is 30.8 Å². The monoisotopic (exact) mass is 558 g/mol. The largest absolute Gasteiger partial charge is 0.398 e. The van der Waals surface area contributed by atoms with Crippen LogP contribution in [0.3, 0.4) is 0 Å². The number of β-lactam (4-membered cyclic amide) rings is 1. The Bertz CT molecular complexity index is 1300. The van der Waals surface area contributed by atoms with Crippen molar-refractivity contribution < 1.29 is 37.0 Å². The van der Waals surface area contributed by atoms with Crippen LogP contribution in [-0.4, -0.2) is 77.2 Å². The van der Waals surface area contributed by atoms with Gasteiger partial charge >= 0.3 is 10.3 Å². The van der Waals surface area contributed by atoms with Crippen LogP contribution in [0.25, 0.3) is 0 Å². The molecule has 36 heavy (non-hydrogen) atoms. The van der Waals surface area contributed by atoms with Crippen molar-refractivity contribution in [1.82, 2.24) is 19.9 Å². The van der Waals surface area contributed by atoms with Gasteiger partial charge in [-0.25, -0.2) is 9.29 Å². The van der Waals surface area contributed by atoms with Crippen molar-refractivity contribution in [2.75, 3.05) is 24.9 Å². The van der Waals surface area contributed by atoms with Crippen molar-refractivity contribution in [3.8, 4) is 0 Å². The predicted molar refractivity (Wildman–Crippen MR) is 128 cm³/mol. The fourth-order valence-electron chi connectivity index (χ4n) is 3.00. The van der Waals surface area contributed by atoms with Gasteiger partial charge in [0.2, 0.25) is 11.8 Å². The Morgan fingerprint density at radius 2 is 2.03 bits per heavy atom. The number of carbonyl (C=O) groups is 4. The van der Waals surface area contributed by atoms with Gasteiger partial charge in [0.15, 0.2) is 10.8 Å². The van der Waals surface area contributed by atoms with Crippen LogP contribution in [0.1, 0.15) is 17.3 Å². The number of nitrogens with zero attached hydrogens (tertiary/aromatic N) is 3. The van der Waals surface area contributed by atoms with Crippen LogP contribution in [0, 0.1) is 0 Å². The first kappa shape index (κ1) is 27.0. The van der Waals surface area contributed by atoms with E-state index in [9.17, 15) is 27.6 Å². The Hall–Kier alpha value is -3.60. The van der Waals surface area contributed by atoms with E-state index in [0.717, 1.165) is 11.3 Å². The standard InChI is InChI=1S/C19H19ClN6O8S2/c1-34-25-15(12-9-35-19(22-12)23-13(27)7-20)17(29)24-14(10-5-3-2-4-6-10)16(28)21-11-8-26(18(11)30)36(31,32)33/h2-6,9,11,14H,7-8H2,1H3,(H,21,28)(H,24,29)(H,22,23,27)(H,31,32,33). The number of rotatable bonds is 10. The van der Waals surface area contributed by atoms with Crippen LogP contribution in [0.15, 0.2) is 40.9 Å². The summed E-state index contributed by atoms with van der Waals surface area (Å²) in [6.07, 6.45) is 0. The van der Waals surface area contributed by atoms with E-state index in [-0.39, 0.29) is 26.7 Å². The number of amides is 4. The second-order valence-corrected chi connectivity index (χ2v) is 9.53. The lowest BCUT2D eigenvalue weighted by Gasteiger charge is -2.36. The molecule has 1 aromatic heterocycles. The minimum absolute atomic E-state index is 0.0365. The number of benzene rings is 1. The Morgan fingerprint density at radius 3 is 2.61 bits per heavy atom. The molecule has 0 aliphatic carbocycles. The molecule has 2 atom stereocenters. The van der Waals surface area contributed by atoms with Crippen LogP contribution >= 0.6 is 22.9 Å². The first-order valence-electron chi connectivity index (χ1n) is 9.93. The van der Waals surface area contributed by atoms with E-state index in [1.807, 2.05) is 0 Å². The maximum Gasteiger partial charge on any atom is 0.362 e. The number of hydrogen-bond acceptors (Lipinski definition) is 10. The summed E-state index contributed by atoms with van der Waals surface area (Å²) in [5, 5.41) is 12.5. The second-order valence-electron chi connectivity index (χ2n) is 7.07. The van der Waals surface area contributed by atoms with Gasteiger partial charge < -0.3 is 20.8 Å². The first-order chi connectivity index (χ1) is 17.0. The molecule has 14 nitrogen and oxygen atoms in total. The molecule has 192 valence electrons. The number of carbonyl (C=O) groups excluding carboxylic acids is 4. The third-order valence-electron chi connectivity index (χ3n) is 4.67. The Balaban J connectivity index is 1.80. The van der Waals surface area contributed by atoms with E-state index >= 15 is 0 Å². The molecule has 1 aliphatic heterocycles. The Morgan fingerprint density at radius 1 is 1.33 bits per heavy atom. The van der Waals surface area contributed by atoms with Crippen molar-refractivity contribution >= 4 is 67.7 Å². The van der Waals surface area contributed by atoms with Crippen LogP contribution in [0.5, 0.6) is 0 Å². The zero-order valence-electron chi connectivity index (χ0n) is 18.4. The molecule has 2 heterocycles. The van der Waals surface area contributed by atoms with Crippen molar-refractivity contribution in [1.29, 1.82) is 0 Å². The van der Waals surface area contributed by atoms with E-state index in [2.05, 4.69) is 26.1 Å². The topological polar surface area (TPSA) is 196 Å². The number of aromatic nitrogens is 1. The smallest absolute Gasteiger partial charge is 0.362 e. The summed E-state index contributed by atoms with van der Waals surface area (Å²) in [5.74, 6) is -3.53. The lowest BCUT2D eigenvalue weighted by Crippen LogP contribution is -2.66. The highest BCUT2D eigenvalue weighted by Gasteiger charge is 2.45. The lowest BCUT2D eigenvalue weighted by molar-refractivity contribution is -0.141. The number of alkyl halides is 1. The minimum atomic E-state index is -4.74. The highest BCUT2D eigenvalue weighted by molar-refractivity contribution is 7.84. The van der Waals surface area contributed by atoms with Crippen LogP contribution in [0.2, 0.25) is 0 Å². The van der Waals surface area contributed by atoms with Crippen molar-refractivity contribution in [3.05, 3.63) is 47.0 Å². The molecule has 0 saturated carbocycles. The number of oxime groups is 1. The van der Waals surface area contributed by atoms with E-state index in [1.165, 1.54) is 12.5 Å². The molecule has 0 bridgehead atoms. The molecule has 1 aliphatic rings. The molecular weight excluding hydrogens is 540 g/mol. The number of halogens is 1. The van der Waals surface area contributed by atoms with Crippen LogP contribution in [0.4, 0.5) is 5.13 Å². The second kappa shape index (κ2) is 11.4. The van der Waals surface area contributed by atoms with Gasteiger partial charge in [0.25, 0.3) is 11.8 Å². The van der Waals surface area contributed by atoms with E-state index in [1.54, 1.807) is 30.3 Å². The molecule has 0 radical (unpaired) electrons. The summed E-state index contributed by atoms with van der Waals surface area (Å²) >= 11 is 6.46. The average Bonchev–Trinajstić information content (AvgIpc) is 3.30. The maximum atomic E-state index is 13.1. The quantitative estimate of drug-likeness (QED) is 0.0990. The molecule has 2 unspecified atom stereocenters. The van der Waals surface area contributed by atoms with Gasteiger partial charge in [-0.15, -0.1) is 22.9 Å². The van der Waals surface area contributed by atoms with Crippen LogP contribution < -0.4 is 16.0 Å². The molecule has 0 spiro atoms. The lowest BCUT2D eigenvalue weighted by atomic mass is 10.0. The third kappa shape index (κ3) is 6.34. The number of hydrogen-bond donors (Lipinski definition) is 4. The highest BCUT2D eigenvalue weighted by atomic mass is 35.5. The van der Waals surface area contributed by atoms with Gasteiger partial charge in [-0.05, 0) is 5.56 Å². The third-order valence-corrected chi connectivity index (χ3v) is 6.56. The number of anilines is 1. The molecule has 4 amide bonds. The summed E-state index contributed by atoms with van der Waals surface area (Å²) < 4.78 is 31.5. The molecule has 2 aromatic rings. The molecular formula is C19H19ClN6O8S2. The summed E-state index contributed by atoms with van der Waals surface area (Å²) in [7, 11) is -3.54. The van der Waals surface area contributed by atoms with E-state index in [0.29, 0.717) is 5.56 Å². The zero-order valence-corrected chi connectivity index (χ0v) is 20.8. The summed E-state index contributed by atoms with van der Waals surface area (Å²) in [6, 6.07) is 5.47. The van der Waals surface area contributed by atoms with Gasteiger partial charge in [0, 0.05) is 5.38 Å².